The van der Waals surface area contributed by atoms with Crippen LogP contribution in [-0.2, 0) is 18.4 Å². The number of hydrogen-bond acceptors (Lipinski definition) is 7. The molecule has 2 aliphatic rings. The molecule has 4 rings (SSSR count). The SMILES string of the molecule is COc1ccc(CN2C(=O)/C(=C/c3c(C)c(C#N)c(=O)n(C)c3N3CCCC3)SC2=S)cc1. The van der Waals surface area contributed by atoms with E-state index in [2.05, 4.69) is 4.90 Å². The van der Waals surface area contributed by atoms with Gasteiger partial charge < -0.3 is 9.64 Å². The molecule has 0 radical (unpaired) electrons. The van der Waals surface area contributed by atoms with Crippen LogP contribution in [0.5, 0.6) is 5.75 Å². The number of methoxy groups -OCH3 is 1. The number of ether oxygens (including phenoxy) is 1. The Morgan fingerprint density at radius 3 is 2.48 bits per heavy atom. The number of thiocarbonyl (C=S) groups is 1. The highest BCUT2D eigenvalue weighted by atomic mass is 32.2. The van der Waals surface area contributed by atoms with Crippen molar-refractivity contribution in [3.05, 3.63) is 61.8 Å². The van der Waals surface area contributed by atoms with E-state index in [-0.39, 0.29) is 17.0 Å². The number of rotatable bonds is 5. The molecule has 2 saturated heterocycles. The molecule has 0 aliphatic carbocycles. The fourth-order valence-electron chi connectivity index (χ4n) is 4.20. The van der Waals surface area contributed by atoms with Crippen LogP contribution in [0.1, 0.15) is 35.1 Å². The number of carbonyl (C=O) groups excluding carboxylic acids is 1. The first-order valence-electron chi connectivity index (χ1n) is 10.6. The minimum atomic E-state index is -0.318. The van der Waals surface area contributed by atoms with E-state index in [1.54, 1.807) is 32.1 Å². The van der Waals surface area contributed by atoms with Gasteiger partial charge >= 0.3 is 0 Å². The number of thioether (sulfide) groups is 1. The van der Waals surface area contributed by atoms with E-state index in [0.717, 1.165) is 48.6 Å². The Balaban J connectivity index is 1.73. The molecule has 1 aromatic heterocycles. The van der Waals surface area contributed by atoms with Crippen molar-refractivity contribution in [2.45, 2.75) is 26.3 Å². The van der Waals surface area contributed by atoms with Gasteiger partial charge in [0.05, 0.1) is 18.6 Å². The second-order valence-corrected chi connectivity index (χ2v) is 9.70. The molecule has 0 spiro atoms. The zero-order valence-electron chi connectivity index (χ0n) is 18.8. The zero-order valence-corrected chi connectivity index (χ0v) is 20.4. The fraction of sp³-hybridized carbons (Fsp3) is 0.333. The van der Waals surface area contributed by atoms with Gasteiger partial charge in [-0.1, -0.05) is 36.1 Å². The molecular formula is C24H24N4O3S2. The van der Waals surface area contributed by atoms with Crippen molar-refractivity contribution in [1.29, 1.82) is 5.26 Å². The third kappa shape index (κ3) is 4.28. The van der Waals surface area contributed by atoms with Crippen LogP contribution < -0.4 is 15.2 Å². The van der Waals surface area contributed by atoms with Gasteiger partial charge in [0.1, 0.15) is 27.5 Å². The lowest BCUT2D eigenvalue weighted by atomic mass is 10.0. The normalized spacial score (nSPS) is 17.2. The monoisotopic (exact) mass is 480 g/mol. The topological polar surface area (TPSA) is 78.6 Å². The van der Waals surface area contributed by atoms with Crippen LogP contribution in [-0.4, -0.2) is 39.9 Å². The maximum atomic E-state index is 13.3. The Morgan fingerprint density at radius 2 is 1.88 bits per heavy atom. The smallest absolute Gasteiger partial charge is 0.270 e. The molecule has 2 fully saturated rings. The number of amides is 1. The van der Waals surface area contributed by atoms with E-state index in [4.69, 9.17) is 17.0 Å². The van der Waals surface area contributed by atoms with Crippen LogP contribution in [0.2, 0.25) is 0 Å². The van der Waals surface area contributed by atoms with Crippen molar-refractivity contribution in [2.75, 3.05) is 25.1 Å². The summed E-state index contributed by atoms with van der Waals surface area (Å²) in [5.74, 6) is 1.31. The summed E-state index contributed by atoms with van der Waals surface area (Å²) in [4.78, 5) is 30.3. The van der Waals surface area contributed by atoms with Crippen LogP contribution in [0.15, 0.2) is 34.0 Å². The van der Waals surface area contributed by atoms with Gasteiger partial charge in [0.25, 0.3) is 11.5 Å². The average molecular weight is 481 g/mol. The van der Waals surface area contributed by atoms with Gasteiger partial charge in [0.2, 0.25) is 0 Å². The summed E-state index contributed by atoms with van der Waals surface area (Å²) in [5, 5.41) is 9.60. The minimum Gasteiger partial charge on any atom is -0.497 e. The molecule has 2 aliphatic heterocycles. The van der Waals surface area contributed by atoms with Gasteiger partial charge in [-0.15, -0.1) is 0 Å². The van der Waals surface area contributed by atoms with Crippen molar-refractivity contribution in [3.63, 3.8) is 0 Å². The molecule has 7 nitrogen and oxygen atoms in total. The lowest BCUT2D eigenvalue weighted by Crippen LogP contribution is -2.31. The summed E-state index contributed by atoms with van der Waals surface area (Å²) in [6.45, 7) is 3.79. The molecule has 33 heavy (non-hydrogen) atoms. The molecule has 3 heterocycles. The molecular weight excluding hydrogens is 456 g/mol. The number of hydrogen-bond donors (Lipinski definition) is 0. The van der Waals surface area contributed by atoms with Crippen molar-refractivity contribution in [3.8, 4) is 11.8 Å². The lowest BCUT2D eigenvalue weighted by molar-refractivity contribution is -0.122. The first-order valence-corrected chi connectivity index (χ1v) is 11.8. The van der Waals surface area contributed by atoms with Crippen LogP contribution in [0.3, 0.4) is 0 Å². The Bertz CT molecular complexity index is 1250. The molecule has 9 heteroatoms. The van der Waals surface area contributed by atoms with Gasteiger partial charge in [-0.3, -0.25) is 19.1 Å². The van der Waals surface area contributed by atoms with Gasteiger partial charge in [0.15, 0.2) is 0 Å². The molecule has 170 valence electrons. The quantitative estimate of drug-likeness (QED) is 0.478. The molecule has 0 N–H and O–H groups in total. The van der Waals surface area contributed by atoms with Crippen LogP contribution in [0.25, 0.3) is 6.08 Å². The maximum absolute atomic E-state index is 13.3. The van der Waals surface area contributed by atoms with E-state index in [1.807, 2.05) is 30.3 Å². The molecule has 0 bridgehead atoms. The van der Waals surface area contributed by atoms with E-state index < -0.39 is 0 Å². The van der Waals surface area contributed by atoms with Crippen molar-refractivity contribution in [2.24, 2.45) is 7.05 Å². The summed E-state index contributed by atoms with van der Waals surface area (Å²) in [6, 6.07) is 9.55. The number of anilines is 1. The predicted octanol–water partition coefficient (Wildman–Crippen LogP) is 3.58. The van der Waals surface area contributed by atoms with Crippen molar-refractivity contribution < 1.29 is 9.53 Å². The Morgan fingerprint density at radius 1 is 1.21 bits per heavy atom. The second kappa shape index (κ2) is 9.41. The Hall–Kier alpha value is -3.09. The third-order valence-electron chi connectivity index (χ3n) is 6.02. The lowest BCUT2D eigenvalue weighted by Gasteiger charge is -2.25. The third-order valence-corrected chi connectivity index (χ3v) is 7.40. The van der Waals surface area contributed by atoms with E-state index in [1.165, 1.54) is 16.3 Å². The number of nitriles is 1. The number of nitrogens with zero attached hydrogens (tertiary/aromatic N) is 4. The Labute approximate surface area is 202 Å². The highest BCUT2D eigenvalue weighted by Crippen LogP contribution is 2.37. The van der Waals surface area contributed by atoms with Gasteiger partial charge in [-0.05, 0) is 49.1 Å². The summed E-state index contributed by atoms with van der Waals surface area (Å²) < 4.78 is 7.20. The molecule has 2 aromatic rings. The van der Waals surface area contributed by atoms with Crippen LogP contribution in [0, 0.1) is 18.3 Å². The van der Waals surface area contributed by atoms with Gasteiger partial charge in [0, 0.05) is 25.7 Å². The predicted molar refractivity (Wildman–Crippen MR) is 134 cm³/mol. The maximum Gasteiger partial charge on any atom is 0.270 e. The molecule has 0 atom stereocenters. The van der Waals surface area contributed by atoms with E-state index in [0.29, 0.717) is 21.3 Å². The summed E-state index contributed by atoms with van der Waals surface area (Å²) in [6.07, 6.45) is 3.86. The van der Waals surface area contributed by atoms with Crippen LogP contribution >= 0.6 is 24.0 Å². The first kappa shape index (κ1) is 23.1. The molecule has 0 saturated carbocycles. The van der Waals surface area contributed by atoms with E-state index in [9.17, 15) is 14.9 Å². The summed E-state index contributed by atoms with van der Waals surface area (Å²) >= 11 is 6.75. The summed E-state index contributed by atoms with van der Waals surface area (Å²) in [5.41, 5.74) is 2.03. The average Bonchev–Trinajstić information content (AvgIpc) is 3.43. The van der Waals surface area contributed by atoms with Gasteiger partial charge in [-0.2, -0.15) is 5.26 Å². The van der Waals surface area contributed by atoms with Crippen LogP contribution in [0.4, 0.5) is 5.82 Å². The van der Waals surface area contributed by atoms with Crippen molar-refractivity contribution in [1.82, 2.24) is 9.47 Å². The standard InChI is InChI=1S/C24H24N4O3S2/c1-15-18(21(27-10-4-5-11-27)26(2)22(29)19(15)13-25)12-20-23(30)28(24(32)33-20)14-16-6-8-17(31-3)9-7-16/h6-9,12H,4-5,10-11,14H2,1-3H3/b20-12-. The highest BCUT2D eigenvalue weighted by molar-refractivity contribution is 8.26. The largest absolute Gasteiger partial charge is 0.497 e. The van der Waals surface area contributed by atoms with Crippen molar-refractivity contribution >= 4 is 46.1 Å². The first-order chi connectivity index (χ1) is 15.8. The number of benzene rings is 1. The molecule has 1 aromatic carbocycles. The molecule has 1 amide bonds. The highest BCUT2D eigenvalue weighted by Gasteiger charge is 2.33. The number of pyridine rings is 1. The van der Waals surface area contributed by atoms with Gasteiger partial charge in [-0.25, -0.2) is 0 Å². The zero-order chi connectivity index (χ0) is 23.7. The molecule has 0 unspecified atom stereocenters. The van der Waals surface area contributed by atoms with E-state index >= 15 is 0 Å². The minimum absolute atomic E-state index is 0.0976. The Kier molecular flexibility index (Phi) is 6.58. The second-order valence-electron chi connectivity index (χ2n) is 8.02. The number of aromatic nitrogens is 1. The summed E-state index contributed by atoms with van der Waals surface area (Å²) in [7, 11) is 3.29. The number of carbonyl (C=O) groups is 1. The fourth-order valence-corrected chi connectivity index (χ4v) is 5.44.